The zero-order valence-corrected chi connectivity index (χ0v) is 9.90. The van der Waals surface area contributed by atoms with Crippen molar-refractivity contribution in [2.24, 2.45) is 0 Å². The lowest BCUT2D eigenvalue weighted by molar-refractivity contribution is 0.116. The molecule has 5 heteroatoms. The quantitative estimate of drug-likeness (QED) is 0.840. The fourth-order valence-corrected chi connectivity index (χ4v) is 1.89. The van der Waals surface area contributed by atoms with Gasteiger partial charge in [-0.15, -0.1) is 0 Å². The summed E-state index contributed by atoms with van der Waals surface area (Å²) in [5.41, 5.74) is 0. The molecule has 2 atom stereocenters. The summed E-state index contributed by atoms with van der Waals surface area (Å²) in [4.78, 5) is 4.40. The first-order valence-electron chi connectivity index (χ1n) is 5.88. The van der Waals surface area contributed by atoms with Crippen LogP contribution in [0.25, 0.3) is 0 Å². The van der Waals surface area contributed by atoms with E-state index in [0.717, 1.165) is 24.7 Å². The first-order valence-corrected chi connectivity index (χ1v) is 5.88. The molecule has 0 amide bonds. The van der Waals surface area contributed by atoms with Gasteiger partial charge in [0.05, 0.1) is 12.1 Å². The molecule has 16 heavy (non-hydrogen) atoms. The Hall–Kier alpha value is -0.940. The van der Waals surface area contributed by atoms with Crippen molar-refractivity contribution >= 4 is 0 Å². The summed E-state index contributed by atoms with van der Waals surface area (Å²) in [6.45, 7) is 3.03. The zero-order chi connectivity index (χ0) is 11.4. The van der Waals surface area contributed by atoms with Crippen molar-refractivity contribution in [1.29, 1.82) is 0 Å². The van der Waals surface area contributed by atoms with E-state index in [9.17, 15) is 0 Å². The third-order valence-corrected chi connectivity index (χ3v) is 2.96. The van der Waals surface area contributed by atoms with Crippen molar-refractivity contribution in [3.8, 4) is 0 Å². The van der Waals surface area contributed by atoms with Crippen LogP contribution in [0.15, 0.2) is 4.52 Å². The van der Waals surface area contributed by atoms with Gasteiger partial charge in [-0.25, -0.2) is 0 Å². The van der Waals surface area contributed by atoms with Gasteiger partial charge in [0.2, 0.25) is 5.89 Å². The van der Waals surface area contributed by atoms with Crippen LogP contribution in [0.2, 0.25) is 0 Å². The molecule has 90 valence electrons. The van der Waals surface area contributed by atoms with Crippen molar-refractivity contribution in [3.63, 3.8) is 0 Å². The van der Waals surface area contributed by atoms with E-state index >= 15 is 0 Å². The highest BCUT2D eigenvalue weighted by Crippen LogP contribution is 2.21. The van der Waals surface area contributed by atoms with E-state index in [-0.39, 0.29) is 12.1 Å². The average molecular weight is 225 g/mol. The molecule has 2 heterocycles. The molecule has 2 rings (SSSR count). The topological polar surface area (TPSA) is 60.2 Å². The highest BCUT2D eigenvalue weighted by molar-refractivity contribution is 4.95. The van der Waals surface area contributed by atoms with Crippen molar-refractivity contribution in [3.05, 3.63) is 11.7 Å². The Morgan fingerprint density at radius 2 is 2.44 bits per heavy atom. The van der Waals surface area contributed by atoms with Crippen LogP contribution in [0.3, 0.4) is 0 Å². The summed E-state index contributed by atoms with van der Waals surface area (Å²) in [6, 6.07) is 0.243. The Labute approximate surface area is 95.6 Å². The molecule has 1 N–H and O–H groups in total. The predicted octanol–water partition coefficient (Wildman–Crippen LogP) is 1.46. The molecule has 0 aromatic carbocycles. The second-order valence-electron chi connectivity index (χ2n) is 4.30. The van der Waals surface area contributed by atoms with Gasteiger partial charge >= 0.3 is 0 Å². The lowest BCUT2D eigenvalue weighted by Gasteiger charge is -2.19. The van der Waals surface area contributed by atoms with E-state index in [2.05, 4.69) is 15.5 Å². The number of hydrogen-bond donors (Lipinski definition) is 1. The van der Waals surface area contributed by atoms with Crippen LogP contribution >= 0.6 is 0 Å². The standard InChI is InChI=1S/C11H19N3O2/c1-8(15-2)7-10-13-11(16-14-10)9-5-3-4-6-12-9/h8-9,12H,3-7H2,1-2H3/t8?,9-/m0/s1. The van der Waals surface area contributed by atoms with Crippen molar-refractivity contribution in [2.75, 3.05) is 13.7 Å². The van der Waals surface area contributed by atoms with Gasteiger partial charge in [0.15, 0.2) is 5.82 Å². The Morgan fingerprint density at radius 3 is 3.12 bits per heavy atom. The maximum absolute atomic E-state index is 5.27. The van der Waals surface area contributed by atoms with Crippen LogP contribution in [0.1, 0.15) is 43.9 Å². The van der Waals surface area contributed by atoms with Gasteiger partial charge in [-0.1, -0.05) is 11.6 Å². The number of aromatic nitrogens is 2. The normalized spacial score (nSPS) is 23.2. The molecule has 1 aromatic rings. The Balaban J connectivity index is 1.95. The van der Waals surface area contributed by atoms with Gasteiger partial charge in [-0.2, -0.15) is 4.98 Å². The molecular formula is C11H19N3O2. The second kappa shape index (κ2) is 5.41. The summed E-state index contributed by atoms with van der Waals surface area (Å²) in [5, 5.41) is 7.36. The van der Waals surface area contributed by atoms with E-state index in [1.807, 2.05) is 6.92 Å². The number of nitrogens with zero attached hydrogens (tertiary/aromatic N) is 2. The van der Waals surface area contributed by atoms with Gasteiger partial charge in [-0.3, -0.25) is 0 Å². The molecule has 1 aliphatic heterocycles. The molecule has 0 aliphatic carbocycles. The van der Waals surface area contributed by atoms with Gasteiger partial charge in [0.25, 0.3) is 0 Å². The fraction of sp³-hybridized carbons (Fsp3) is 0.818. The highest BCUT2D eigenvalue weighted by Gasteiger charge is 2.21. The Morgan fingerprint density at radius 1 is 1.56 bits per heavy atom. The van der Waals surface area contributed by atoms with Crippen molar-refractivity contribution in [1.82, 2.24) is 15.5 Å². The minimum Gasteiger partial charge on any atom is -0.381 e. The summed E-state index contributed by atoms with van der Waals surface area (Å²) in [6.07, 6.45) is 4.38. The second-order valence-corrected chi connectivity index (χ2v) is 4.30. The van der Waals surface area contributed by atoms with Gasteiger partial charge in [-0.05, 0) is 26.3 Å². The highest BCUT2D eigenvalue weighted by atomic mass is 16.5. The summed E-state index contributed by atoms with van der Waals surface area (Å²) in [7, 11) is 1.69. The molecule has 1 unspecified atom stereocenters. The SMILES string of the molecule is COC(C)Cc1noc([C@@H]2CCCCN2)n1. The predicted molar refractivity (Wildman–Crippen MR) is 59.1 cm³/mol. The first kappa shape index (κ1) is 11.5. The number of ether oxygens (including phenoxy) is 1. The Kier molecular flexibility index (Phi) is 3.90. The Bertz CT molecular complexity index is 321. The molecule has 1 saturated heterocycles. The van der Waals surface area contributed by atoms with Crippen molar-refractivity contribution in [2.45, 2.75) is 44.8 Å². The van der Waals surface area contributed by atoms with Gasteiger partial charge < -0.3 is 14.6 Å². The molecule has 0 radical (unpaired) electrons. The first-order chi connectivity index (χ1) is 7.79. The largest absolute Gasteiger partial charge is 0.381 e. The van der Waals surface area contributed by atoms with Crippen LogP contribution < -0.4 is 5.32 Å². The van der Waals surface area contributed by atoms with E-state index in [0.29, 0.717) is 6.42 Å². The average Bonchev–Trinajstić information content (AvgIpc) is 2.78. The molecule has 0 spiro atoms. The van der Waals surface area contributed by atoms with Crippen LogP contribution in [-0.2, 0) is 11.2 Å². The molecular weight excluding hydrogens is 206 g/mol. The molecule has 1 aliphatic rings. The molecule has 0 bridgehead atoms. The maximum Gasteiger partial charge on any atom is 0.243 e. The van der Waals surface area contributed by atoms with E-state index in [4.69, 9.17) is 9.26 Å². The van der Waals surface area contributed by atoms with Crippen LogP contribution in [0.4, 0.5) is 0 Å². The summed E-state index contributed by atoms with van der Waals surface area (Å²) >= 11 is 0. The number of piperidine rings is 1. The molecule has 0 saturated carbocycles. The van der Waals surface area contributed by atoms with Crippen molar-refractivity contribution < 1.29 is 9.26 Å². The smallest absolute Gasteiger partial charge is 0.243 e. The monoisotopic (exact) mass is 225 g/mol. The fourth-order valence-electron chi connectivity index (χ4n) is 1.89. The lowest BCUT2D eigenvalue weighted by atomic mass is 10.1. The third kappa shape index (κ3) is 2.80. The number of methoxy groups -OCH3 is 1. The molecule has 5 nitrogen and oxygen atoms in total. The van der Waals surface area contributed by atoms with Gasteiger partial charge in [0.1, 0.15) is 0 Å². The van der Waals surface area contributed by atoms with E-state index in [1.54, 1.807) is 7.11 Å². The molecule has 1 aromatic heterocycles. The van der Waals surface area contributed by atoms with Gasteiger partial charge in [0, 0.05) is 13.5 Å². The minimum atomic E-state index is 0.129. The maximum atomic E-state index is 5.27. The zero-order valence-electron chi connectivity index (χ0n) is 9.90. The number of hydrogen-bond acceptors (Lipinski definition) is 5. The number of rotatable bonds is 4. The number of nitrogens with one attached hydrogen (secondary N) is 1. The van der Waals surface area contributed by atoms with Crippen LogP contribution in [-0.4, -0.2) is 29.9 Å². The minimum absolute atomic E-state index is 0.129. The third-order valence-electron chi connectivity index (χ3n) is 2.96. The lowest BCUT2D eigenvalue weighted by Crippen LogP contribution is -2.27. The van der Waals surface area contributed by atoms with Crippen LogP contribution in [0.5, 0.6) is 0 Å². The summed E-state index contributed by atoms with van der Waals surface area (Å²) in [5.74, 6) is 1.45. The molecule has 1 fully saturated rings. The summed E-state index contributed by atoms with van der Waals surface area (Å²) < 4.78 is 10.4. The van der Waals surface area contributed by atoms with E-state index in [1.165, 1.54) is 12.8 Å². The van der Waals surface area contributed by atoms with Crippen LogP contribution in [0, 0.1) is 0 Å². The van der Waals surface area contributed by atoms with E-state index < -0.39 is 0 Å².